The highest BCUT2D eigenvalue weighted by molar-refractivity contribution is 5.76. The molecule has 0 radical (unpaired) electrons. The first-order chi connectivity index (χ1) is 19.8. The van der Waals surface area contributed by atoms with Gasteiger partial charge in [-0.2, -0.15) is 0 Å². The summed E-state index contributed by atoms with van der Waals surface area (Å²) < 4.78 is 18.8. The molecule has 6 nitrogen and oxygen atoms in total. The van der Waals surface area contributed by atoms with Crippen LogP contribution < -0.4 is 0 Å². The largest absolute Gasteiger partial charge is 0.481 e. The summed E-state index contributed by atoms with van der Waals surface area (Å²) in [7, 11) is 0. The number of furan rings is 1. The zero-order valence-corrected chi connectivity index (χ0v) is 26.4. The van der Waals surface area contributed by atoms with E-state index in [9.17, 15) is 15.0 Å². The Kier molecular flexibility index (Phi) is 6.54. The Morgan fingerprint density at radius 2 is 1.71 bits per heavy atom. The normalized spacial score (nSPS) is 51.4. The van der Waals surface area contributed by atoms with Crippen molar-refractivity contribution in [3.8, 4) is 0 Å². The number of aliphatic hydroxyl groups is 1. The summed E-state index contributed by atoms with van der Waals surface area (Å²) in [5.41, 5.74) is 1.09. The van der Waals surface area contributed by atoms with E-state index < -0.39 is 17.7 Å². The number of carboxylic acid groups (broad SMARTS) is 1. The standard InChI is InChI=1S/C36H52O6/c1-21(2)23-11-16-36(31(38)39)18-17-34(5)24(29(23)36)8-10-27-32(3)14-13-28-33(4,26(32)12-15-35(27,34)6)20-40-30(42-28)25-9-7-22(19-37)41-25/h7,9,23-24,26-30,37H,1,8,10-20H2,2-6H3,(H,38,39)/t23-,24+,26+,27+,28-,29+,30+,32-,33-,34+,35+,36-/m0/s1. The van der Waals surface area contributed by atoms with Gasteiger partial charge in [-0.05, 0) is 129 Å². The minimum Gasteiger partial charge on any atom is -0.481 e. The number of allylic oxidation sites excluding steroid dienone is 1. The van der Waals surface area contributed by atoms with E-state index in [1.165, 1.54) is 24.8 Å². The van der Waals surface area contributed by atoms with Crippen LogP contribution in [0, 0.1) is 56.7 Å². The molecule has 7 rings (SSSR count). The lowest BCUT2D eigenvalue weighted by molar-refractivity contribution is -0.327. The summed E-state index contributed by atoms with van der Waals surface area (Å²) >= 11 is 0. The van der Waals surface area contributed by atoms with Crippen LogP contribution in [-0.2, 0) is 20.9 Å². The minimum atomic E-state index is -0.567. The Morgan fingerprint density at radius 1 is 0.929 bits per heavy atom. The van der Waals surface area contributed by atoms with Crippen LogP contribution in [-0.4, -0.2) is 28.9 Å². The molecule has 5 aliphatic carbocycles. The average molecular weight is 581 g/mol. The van der Waals surface area contributed by atoms with Gasteiger partial charge in [0.05, 0.1) is 18.1 Å². The molecule has 1 aromatic heterocycles. The second kappa shape index (κ2) is 9.44. The molecule has 6 fully saturated rings. The van der Waals surface area contributed by atoms with Crippen molar-refractivity contribution in [1.29, 1.82) is 0 Å². The quantitative estimate of drug-likeness (QED) is 0.352. The predicted octanol–water partition coefficient (Wildman–Crippen LogP) is 7.91. The van der Waals surface area contributed by atoms with Crippen molar-refractivity contribution in [2.75, 3.05) is 6.61 Å². The van der Waals surface area contributed by atoms with E-state index in [2.05, 4.69) is 41.2 Å². The van der Waals surface area contributed by atoms with E-state index in [0.29, 0.717) is 41.8 Å². The predicted molar refractivity (Wildman–Crippen MR) is 159 cm³/mol. The first-order valence-electron chi connectivity index (χ1n) is 16.7. The molecule has 0 unspecified atom stereocenters. The number of hydrogen-bond acceptors (Lipinski definition) is 5. The highest BCUT2D eigenvalue weighted by Crippen LogP contribution is 2.78. The maximum atomic E-state index is 12.9. The van der Waals surface area contributed by atoms with E-state index >= 15 is 0 Å². The van der Waals surface area contributed by atoms with Gasteiger partial charge in [-0.1, -0.05) is 39.8 Å². The minimum absolute atomic E-state index is 0.0590. The van der Waals surface area contributed by atoms with Gasteiger partial charge in [0.2, 0.25) is 6.29 Å². The third-order valence-electron chi connectivity index (χ3n) is 15.1. The van der Waals surface area contributed by atoms with Gasteiger partial charge in [0.25, 0.3) is 0 Å². The molecular formula is C36H52O6. The van der Waals surface area contributed by atoms with Crippen LogP contribution in [0.1, 0.15) is 117 Å². The summed E-state index contributed by atoms with van der Waals surface area (Å²) in [6, 6.07) is 3.66. The molecule has 1 saturated heterocycles. The Bertz CT molecular complexity index is 1270. The number of carboxylic acids is 1. The van der Waals surface area contributed by atoms with Gasteiger partial charge in [0.15, 0.2) is 5.76 Å². The third-order valence-corrected chi connectivity index (χ3v) is 15.1. The second-order valence-corrected chi connectivity index (χ2v) is 16.4. The third kappa shape index (κ3) is 3.58. The van der Waals surface area contributed by atoms with Crippen molar-refractivity contribution in [3.63, 3.8) is 0 Å². The lowest BCUT2D eigenvalue weighted by atomic mass is 9.32. The summed E-state index contributed by atoms with van der Waals surface area (Å²) in [5.74, 6) is 2.75. The summed E-state index contributed by atoms with van der Waals surface area (Å²) in [5, 5.41) is 20.1. The van der Waals surface area contributed by atoms with Crippen LogP contribution in [0.3, 0.4) is 0 Å². The molecule has 6 aliphatic rings. The maximum absolute atomic E-state index is 12.9. The Morgan fingerprint density at radius 3 is 2.40 bits per heavy atom. The second-order valence-electron chi connectivity index (χ2n) is 16.4. The van der Waals surface area contributed by atoms with E-state index in [4.69, 9.17) is 13.9 Å². The van der Waals surface area contributed by atoms with Gasteiger partial charge in [-0.15, -0.1) is 0 Å². The lowest BCUT2D eigenvalue weighted by Gasteiger charge is -2.73. The summed E-state index contributed by atoms with van der Waals surface area (Å²) in [4.78, 5) is 12.9. The van der Waals surface area contributed by atoms with E-state index in [1.54, 1.807) is 6.07 Å². The Balaban J connectivity index is 1.18. The van der Waals surface area contributed by atoms with Gasteiger partial charge < -0.3 is 24.1 Å². The van der Waals surface area contributed by atoms with Crippen LogP contribution in [0.4, 0.5) is 0 Å². The number of hydrogen-bond donors (Lipinski definition) is 2. The first-order valence-corrected chi connectivity index (χ1v) is 16.7. The van der Waals surface area contributed by atoms with Crippen molar-refractivity contribution in [1.82, 2.24) is 0 Å². The highest BCUT2D eigenvalue weighted by Gasteiger charge is 2.72. The molecule has 1 aromatic rings. The molecule has 2 heterocycles. The van der Waals surface area contributed by atoms with Gasteiger partial charge in [-0.25, -0.2) is 0 Å². The molecule has 12 atom stereocenters. The molecule has 6 heteroatoms. The molecule has 232 valence electrons. The van der Waals surface area contributed by atoms with Gasteiger partial charge in [0, 0.05) is 5.41 Å². The average Bonchev–Trinajstić information content (AvgIpc) is 3.59. The van der Waals surface area contributed by atoms with E-state index in [1.807, 2.05) is 6.07 Å². The van der Waals surface area contributed by atoms with Crippen molar-refractivity contribution in [2.24, 2.45) is 56.7 Å². The first kappa shape index (κ1) is 29.1. The molecule has 2 N–H and O–H groups in total. The lowest BCUT2D eigenvalue weighted by Crippen LogP contribution is -2.68. The Hall–Kier alpha value is -1.63. The van der Waals surface area contributed by atoms with Crippen molar-refractivity contribution in [3.05, 3.63) is 35.8 Å². The number of ether oxygens (including phenoxy) is 2. The van der Waals surface area contributed by atoms with Gasteiger partial charge >= 0.3 is 5.97 Å². The molecule has 42 heavy (non-hydrogen) atoms. The zero-order chi connectivity index (χ0) is 29.9. The maximum Gasteiger partial charge on any atom is 0.309 e. The number of fused-ring (bicyclic) bond motifs is 9. The fourth-order valence-electron chi connectivity index (χ4n) is 12.9. The Labute approximate surface area is 251 Å². The van der Waals surface area contributed by atoms with Crippen LogP contribution in [0.25, 0.3) is 0 Å². The van der Waals surface area contributed by atoms with Gasteiger partial charge in [-0.3, -0.25) is 4.79 Å². The van der Waals surface area contributed by atoms with E-state index in [-0.39, 0.29) is 40.3 Å². The van der Waals surface area contributed by atoms with Crippen LogP contribution >= 0.6 is 0 Å². The van der Waals surface area contributed by atoms with Crippen LogP contribution in [0.5, 0.6) is 0 Å². The number of aliphatic hydroxyl groups excluding tert-OH is 1. The molecule has 0 spiro atoms. The smallest absolute Gasteiger partial charge is 0.309 e. The molecular weight excluding hydrogens is 528 g/mol. The molecule has 0 aromatic carbocycles. The molecule has 0 amide bonds. The zero-order valence-electron chi connectivity index (χ0n) is 26.4. The fraction of sp³-hybridized carbons (Fsp3) is 0.806. The number of aliphatic carboxylic acids is 1. The van der Waals surface area contributed by atoms with Crippen molar-refractivity contribution in [2.45, 2.75) is 118 Å². The van der Waals surface area contributed by atoms with Crippen LogP contribution in [0.15, 0.2) is 28.7 Å². The van der Waals surface area contributed by atoms with E-state index in [0.717, 1.165) is 44.9 Å². The SMILES string of the molecule is C=C(C)[C@@H]1CC[C@]2(C(=O)O)CC[C@]3(C)[C@H](CC[C@@H]4[C@@]5(C)CC[C@@H]6O[C@H](c7ccc(CO)o7)OC[C@@]6(C)[C@@H]5CC[C@]43C)[C@@H]12. The number of rotatable bonds is 4. The topological polar surface area (TPSA) is 89.1 Å². The van der Waals surface area contributed by atoms with Crippen molar-refractivity contribution < 1.29 is 28.9 Å². The summed E-state index contributed by atoms with van der Waals surface area (Å²) in [6.07, 6.45) is 10.1. The number of carbonyl (C=O) groups is 1. The highest BCUT2D eigenvalue weighted by atomic mass is 16.7. The van der Waals surface area contributed by atoms with Gasteiger partial charge in [0.1, 0.15) is 12.4 Å². The van der Waals surface area contributed by atoms with Crippen LogP contribution in [0.2, 0.25) is 0 Å². The monoisotopic (exact) mass is 580 g/mol. The summed E-state index contributed by atoms with van der Waals surface area (Å²) in [6.45, 7) is 17.2. The van der Waals surface area contributed by atoms with Crippen molar-refractivity contribution >= 4 is 5.97 Å². The molecule has 0 bridgehead atoms. The molecule has 1 aliphatic heterocycles. The fourth-order valence-corrected chi connectivity index (χ4v) is 12.9. The molecule has 5 saturated carbocycles.